The molecule has 0 aliphatic carbocycles. The zero-order valence-corrected chi connectivity index (χ0v) is 15.8. The van der Waals surface area contributed by atoms with E-state index in [1.807, 2.05) is 25.7 Å². The maximum Gasteiger partial charge on any atom is 0.362 e. The van der Waals surface area contributed by atoms with Gasteiger partial charge in [-0.2, -0.15) is 0 Å². The summed E-state index contributed by atoms with van der Waals surface area (Å²) in [6, 6.07) is 0. The summed E-state index contributed by atoms with van der Waals surface area (Å²) in [6.45, 7) is 8.71. The standard InChI is InChI=1S/C16H24N4O4S/c1-5-24-14(22)11-13(25-19-18-11)17-12(21)10-6-8-20(9-7-10)15(23)16(2,3)4/h10H,5-9H2,1-4H3,(H,17,21). The van der Waals surface area contributed by atoms with Gasteiger partial charge in [0.25, 0.3) is 0 Å². The van der Waals surface area contributed by atoms with Gasteiger partial charge in [0.15, 0.2) is 5.00 Å². The van der Waals surface area contributed by atoms with Crippen LogP contribution in [0.1, 0.15) is 51.0 Å². The number of nitrogens with one attached hydrogen (secondary N) is 1. The average Bonchev–Trinajstić information content (AvgIpc) is 3.02. The van der Waals surface area contributed by atoms with Crippen molar-refractivity contribution in [3.05, 3.63) is 5.69 Å². The van der Waals surface area contributed by atoms with E-state index in [9.17, 15) is 14.4 Å². The Morgan fingerprint density at radius 2 is 1.92 bits per heavy atom. The summed E-state index contributed by atoms with van der Waals surface area (Å²) in [5, 5.41) is 6.75. The molecule has 1 aromatic rings. The van der Waals surface area contributed by atoms with E-state index >= 15 is 0 Å². The van der Waals surface area contributed by atoms with Gasteiger partial charge in [0.1, 0.15) is 0 Å². The van der Waals surface area contributed by atoms with E-state index in [0.717, 1.165) is 11.5 Å². The third-order valence-electron chi connectivity index (χ3n) is 3.99. The normalized spacial score (nSPS) is 15.8. The van der Waals surface area contributed by atoms with Gasteiger partial charge in [-0.1, -0.05) is 25.3 Å². The van der Waals surface area contributed by atoms with Crippen LogP contribution in [0, 0.1) is 11.3 Å². The first-order valence-electron chi connectivity index (χ1n) is 8.33. The van der Waals surface area contributed by atoms with E-state index in [1.165, 1.54) is 0 Å². The number of carbonyl (C=O) groups excluding carboxylic acids is 3. The number of likely N-dealkylation sites (tertiary alicyclic amines) is 1. The van der Waals surface area contributed by atoms with E-state index in [1.54, 1.807) is 6.92 Å². The Morgan fingerprint density at radius 3 is 2.48 bits per heavy atom. The van der Waals surface area contributed by atoms with Crippen molar-refractivity contribution in [3.63, 3.8) is 0 Å². The van der Waals surface area contributed by atoms with Gasteiger partial charge in [-0.05, 0) is 19.8 Å². The summed E-state index contributed by atoms with van der Waals surface area (Å²) in [5.41, 5.74) is -0.390. The molecule has 0 bridgehead atoms. The van der Waals surface area contributed by atoms with Gasteiger partial charge in [-0.15, -0.1) is 5.10 Å². The molecule has 2 rings (SSSR count). The Hall–Kier alpha value is -2.03. The summed E-state index contributed by atoms with van der Waals surface area (Å²) in [5.74, 6) is -0.889. The number of esters is 1. The highest BCUT2D eigenvalue weighted by Crippen LogP contribution is 2.26. The molecule has 0 aromatic carbocycles. The molecule has 1 aliphatic heterocycles. The van der Waals surface area contributed by atoms with Gasteiger partial charge < -0.3 is 15.0 Å². The molecule has 1 fully saturated rings. The highest BCUT2D eigenvalue weighted by atomic mass is 32.1. The SMILES string of the molecule is CCOC(=O)c1nnsc1NC(=O)C1CCN(C(=O)C(C)(C)C)CC1. The van der Waals surface area contributed by atoms with Gasteiger partial charge >= 0.3 is 5.97 Å². The summed E-state index contributed by atoms with van der Waals surface area (Å²) in [6.07, 6.45) is 1.18. The molecule has 1 aliphatic rings. The molecule has 1 aromatic heterocycles. The Labute approximate surface area is 151 Å². The van der Waals surface area contributed by atoms with Crippen molar-refractivity contribution in [1.29, 1.82) is 0 Å². The zero-order chi connectivity index (χ0) is 18.6. The second kappa shape index (κ2) is 7.90. The number of aromatic nitrogens is 2. The fourth-order valence-corrected chi connectivity index (χ4v) is 3.20. The van der Waals surface area contributed by atoms with E-state index in [0.29, 0.717) is 30.9 Å². The quantitative estimate of drug-likeness (QED) is 0.815. The Bertz CT molecular complexity index is 645. The molecule has 0 saturated carbocycles. The lowest BCUT2D eigenvalue weighted by atomic mass is 9.91. The largest absolute Gasteiger partial charge is 0.461 e. The van der Waals surface area contributed by atoms with Crippen LogP contribution in [0.15, 0.2) is 0 Å². The van der Waals surface area contributed by atoms with Crippen LogP contribution in [-0.4, -0.2) is 52.0 Å². The number of piperidine rings is 1. The maximum absolute atomic E-state index is 12.5. The van der Waals surface area contributed by atoms with Gasteiger partial charge in [-0.3, -0.25) is 9.59 Å². The molecule has 0 radical (unpaired) electrons. The molecule has 1 N–H and O–H groups in total. The molecule has 9 heteroatoms. The summed E-state index contributed by atoms with van der Waals surface area (Å²) < 4.78 is 8.61. The number of anilines is 1. The highest BCUT2D eigenvalue weighted by Gasteiger charge is 2.33. The molecule has 0 atom stereocenters. The monoisotopic (exact) mass is 368 g/mol. The molecule has 138 valence electrons. The number of amides is 2. The third-order valence-corrected chi connectivity index (χ3v) is 4.63. The van der Waals surface area contributed by atoms with Gasteiger partial charge in [0.05, 0.1) is 6.61 Å². The van der Waals surface area contributed by atoms with Crippen LogP contribution in [0.3, 0.4) is 0 Å². The molecular formula is C16H24N4O4S. The van der Waals surface area contributed by atoms with Gasteiger partial charge in [0, 0.05) is 36.0 Å². The maximum atomic E-state index is 12.5. The molecular weight excluding hydrogens is 344 g/mol. The Balaban J connectivity index is 1.93. The summed E-state index contributed by atoms with van der Waals surface area (Å²) in [7, 11) is 0. The predicted octanol–water partition coefficient (Wildman–Crippen LogP) is 1.94. The van der Waals surface area contributed by atoms with Crippen molar-refractivity contribution in [2.75, 3.05) is 25.0 Å². The molecule has 2 amide bonds. The van der Waals surface area contributed by atoms with Crippen molar-refractivity contribution >= 4 is 34.3 Å². The lowest BCUT2D eigenvalue weighted by molar-refractivity contribution is -0.142. The topological polar surface area (TPSA) is 101 Å². The molecule has 2 heterocycles. The van der Waals surface area contributed by atoms with Gasteiger partial charge in [-0.25, -0.2) is 4.79 Å². The molecule has 8 nitrogen and oxygen atoms in total. The zero-order valence-electron chi connectivity index (χ0n) is 15.0. The fraction of sp³-hybridized carbons (Fsp3) is 0.688. The third kappa shape index (κ3) is 4.75. The number of hydrogen-bond donors (Lipinski definition) is 1. The number of carbonyl (C=O) groups is 3. The minimum atomic E-state index is -0.600. The van der Waals surface area contributed by atoms with Crippen molar-refractivity contribution in [2.24, 2.45) is 11.3 Å². The van der Waals surface area contributed by atoms with Crippen LogP contribution < -0.4 is 5.32 Å². The second-order valence-electron chi connectivity index (χ2n) is 6.98. The second-order valence-corrected chi connectivity index (χ2v) is 7.73. The summed E-state index contributed by atoms with van der Waals surface area (Å²) >= 11 is 0.946. The number of ether oxygens (including phenoxy) is 1. The Morgan fingerprint density at radius 1 is 1.28 bits per heavy atom. The Kier molecular flexibility index (Phi) is 6.10. The lowest BCUT2D eigenvalue weighted by Gasteiger charge is -2.35. The minimum absolute atomic E-state index is 0.0283. The van der Waals surface area contributed by atoms with Crippen LogP contribution in [0.2, 0.25) is 0 Å². The number of hydrogen-bond acceptors (Lipinski definition) is 7. The van der Waals surface area contributed by atoms with Crippen molar-refractivity contribution in [3.8, 4) is 0 Å². The van der Waals surface area contributed by atoms with E-state index < -0.39 is 11.4 Å². The van der Waals surface area contributed by atoms with Crippen LogP contribution in [-0.2, 0) is 14.3 Å². The number of nitrogens with zero attached hydrogens (tertiary/aromatic N) is 3. The number of rotatable bonds is 4. The molecule has 0 unspecified atom stereocenters. The molecule has 0 spiro atoms. The van der Waals surface area contributed by atoms with E-state index in [-0.39, 0.29) is 30.0 Å². The smallest absolute Gasteiger partial charge is 0.362 e. The van der Waals surface area contributed by atoms with E-state index in [2.05, 4.69) is 14.9 Å². The first kappa shape index (κ1) is 19.3. The van der Waals surface area contributed by atoms with E-state index in [4.69, 9.17) is 4.74 Å². The van der Waals surface area contributed by atoms with Crippen molar-refractivity contribution in [2.45, 2.75) is 40.5 Å². The van der Waals surface area contributed by atoms with Crippen LogP contribution >= 0.6 is 11.5 Å². The van der Waals surface area contributed by atoms with Crippen molar-refractivity contribution in [1.82, 2.24) is 14.5 Å². The van der Waals surface area contributed by atoms with Crippen LogP contribution in [0.5, 0.6) is 0 Å². The molecule has 25 heavy (non-hydrogen) atoms. The molecule has 1 saturated heterocycles. The van der Waals surface area contributed by atoms with Gasteiger partial charge in [0.2, 0.25) is 17.5 Å². The van der Waals surface area contributed by atoms with Crippen molar-refractivity contribution < 1.29 is 19.1 Å². The predicted molar refractivity (Wildman–Crippen MR) is 93.3 cm³/mol. The highest BCUT2D eigenvalue weighted by molar-refractivity contribution is 7.10. The van der Waals surface area contributed by atoms with Crippen LogP contribution in [0.4, 0.5) is 5.00 Å². The lowest BCUT2D eigenvalue weighted by Crippen LogP contribution is -2.45. The summed E-state index contributed by atoms with van der Waals surface area (Å²) in [4.78, 5) is 38.3. The minimum Gasteiger partial charge on any atom is -0.461 e. The first-order chi connectivity index (χ1) is 11.7. The average molecular weight is 368 g/mol. The first-order valence-corrected chi connectivity index (χ1v) is 9.11. The fourth-order valence-electron chi connectivity index (χ4n) is 2.64. The van der Waals surface area contributed by atoms with Crippen LogP contribution in [0.25, 0.3) is 0 Å².